The second kappa shape index (κ2) is 4.01. The van der Waals surface area contributed by atoms with Crippen LogP contribution in [0.4, 0.5) is 0 Å². The van der Waals surface area contributed by atoms with Crippen molar-refractivity contribution in [2.75, 3.05) is 6.61 Å². The fourth-order valence-electron chi connectivity index (χ4n) is 2.62. The molecular weight excluding hydrogens is 230 g/mol. The van der Waals surface area contributed by atoms with Crippen molar-refractivity contribution in [1.29, 1.82) is 0 Å². The maximum atomic E-state index is 11.7. The maximum Gasteiger partial charge on any atom is 0.252 e. The first kappa shape index (κ1) is 11.1. The van der Waals surface area contributed by atoms with Gasteiger partial charge < -0.3 is 16.2 Å². The molecule has 4 N–H and O–H groups in total. The molecular formula is C13H15N3O2. The molecule has 0 radical (unpaired) electrons. The topological polar surface area (TPSA) is 90.7 Å². The average molecular weight is 245 g/mol. The third kappa shape index (κ3) is 1.81. The van der Waals surface area contributed by atoms with E-state index in [1.54, 1.807) is 0 Å². The van der Waals surface area contributed by atoms with Gasteiger partial charge in [0.1, 0.15) is 5.75 Å². The van der Waals surface area contributed by atoms with Crippen LogP contribution < -0.4 is 16.2 Å². The summed E-state index contributed by atoms with van der Waals surface area (Å²) in [7, 11) is 0. The molecule has 18 heavy (non-hydrogen) atoms. The molecule has 5 nitrogen and oxygen atoms in total. The number of ether oxygens (including phenoxy) is 1. The number of nitrogens with two attached hydrogens (primary N) is 2. The van der Waals surface area contributed by atoms with Gasteiger partial charge in [-0.3, -0.25) is 4.79 Å². The Bertz CT molecular complexity index is 535. The minimum absolute atomic E-state index is 0.0702. The summed E-state index contributed by atoms with van der Waals surface area (Å²) in [4.78, 5) is 15.3. The zero-order chi connectivity index (χ0) is 12.7. The van der Waals surface area contributed by atoms with Crippen LogP contribution >= 0.6 is 0 Å². The molecule has 1 aromatic carbocycles. The number of carbonyl (C=O) groups is 1. The van der Waals surface area contributed by atoms with Crippen molar-refractivity contribution in [3.63, 3.8) is 0 Å². The van der Waals surface area contributed by atoms with Gasteiger partial charge in [-0.1, -0.05) is 12.1 Å². The molecule has 2 aliphatic rings. The molecule has 0 saturated heterocycles. The number of benzene rings is 1. The molecule has 3 rings (SSSR count). The Morgan fingerprint density at radius 1 is 1.39 bits per heavy atom. The van der Waals surface area contributed by atoms with Gasteiger partial charge in [0, 0.05) is 17.9 Å². The standard InChI is InChI=1S/C13H15N3O2/c14-13(15)16-12(17)10-6-9(10)7-2-1-3-11-8(7)4-5-18-11/h1-3,9-10H,4-6H2,(H4,14,15,16,17)/t9?,10-/m0/s1. The third-order valence-corrected chi connectivity index (χ3v) is 3.53. The molecule has 1 aliphatic heterocycles. The number of guanidine groups is 1. The highest BCUT2D eigenvalue weighted by Crippen LogP contribution is 2.51. The van der Waals surface area contributed by atoms with Crippen LogP contribution in [0.25, 0.3) is 0 Å². The predicted octanol–water partition coefficient (Wildman–Crippen LogP) is 0.525. The minimum Gasteiger partial charge on any atom is -0.493 e. The van der Waals surface area contributed by atoms with E-state index in [1.807, 2.05) is 12.1 Å². The van der Waals surface area contributed by atoms with E-state index in [9.17, 15) is 4.79 Å². The van der Waals surface area contributed by atoms with E-state index in [2.05, 4.69) is 11.1 Å². The highest BCUT2D eigenvalue weighted by atomic mass is 16.5. The first-order chi connectivity index (χ1) is 8.66. The number of amides is 1. The summed E-state index contributed by atoms with van der Waals surface area (Å²) in [5.74, 6) is 0.757. The zero-order valence-corrected chi connectivity index (χ0v) is 9.93. The summed E-state index contributed by atoms with van der Waals surface area (Å²) in [5.41, 5.74) is 12.9. The molecule has 0 aromatic heterocycles. The lowest BCUT2D eigenvalue weighted by molar-refractivity contribution is -0.119. The fourth-order valence-corrected chi connectivity index (χ4v) is 2.62. The molecule has 0 bridgehead atoms. The average Bonchev–Trinajstić information content (AvgIpc) is 2.97. The molecule has 1 amide bonds. The number of hydrogen-bond acceptors (Lipinski definition) is 2. The van der Waals surface area contributed by atoms with E-state index in [-0.39, 0.29) is 23.7 Å². The minimum atomic E-state index is -0.212. The Balaban J connectivity index is 1.81. The normalized spacial score (nSPS) is 24.0. The van der Waals surface area contributed by atoms with Crippen molar-refractivity contribution in [3.05, 3.63) is 29.3 Å². The largest absolute Gasteiger partial charge is 0.493 e. The summed E-state index contributed by atoms with van der Waals surface area (Å²) in [6.07, 6.45) is 1.75. The van der Waals surface area contributed by atoms with Crippen LogP contribution in [0, 0.1) is 5.92 Å². The van der Waals surface area contributed by atoms with Gasteiger partial charge >= 0.3 is 0 Å². The summed E-state index contributed by atoms with van der Waals surface area (Å²) >= 11 is 0. The van der Waals surface area contributed by atoms with Crippen molar-refractivity contribution in [3.8, 4) is 5.75 Å². The van der Waals surface area contributed by atoms with Gasteiger partial charge in [0.15, 0.2) is 5.96 Å². The van der Waals surface area contributed by atoms with Crippen molar-refractivity contribution in [2.45, 2.75) is 18.8 Å². The third-order valence-electron chi connectivity index (χ3n) is 3.53. The van der Waals surface area contributed by atoms with Crippen molar-refractivity contribution in [1.82, 2.24) is 0 Å². The zero-order valence-electron chi connectivity index (χ0n) is 9.93. The van der Waals surface area contributed by atoms with E-state index in [1.165, 1.54) is 11.1 Å². The summed E-state index contributed by atoms with van der Waals surface area (Å²) in [5, 5.41) is 0. The predicted molar refractivity (Wildman–Crippen MR) is 67.3 cm³/mol. The number of hydrogen-bond donors (Lipinski definition) is 2. The van der Waals surface area contributed by atoms with Gasteiger partial charge in [0.2, 0.25) is 0 Å². The SMILES string of the molecule is NC(N)=NC(=O)[C@H]1CC1c1cccc2c1CCO2. The van der Waals surface area contributed by atoms with Gasteiger partial charge in [-0.2, -0.15) is 4.99 Å². The Morgan fingerprint density at radius 3 is 3.00 bits per heavy atom. The number of aliphatic imine (C=N–C) groups is 1. The van der Waals surface area contributed by atoms with E-state index < -0.39 is 0 Å². The summed E-state index contributed by atoms with van der Waals surface area (Å²) in [6, 6.07) is 6.02. The fraction of sp³-hybridized carbons (Fsp3) is 0.385. The molecule has 5 heteroatoms. The Labute approximate surface area is 105 Å². The monoisotopic (exact) mass is 245 g/mol. The number of carbonyl (C=O) groups excluding carboxylic acids is 1. The molecule has 1 fully saturated rings. The molecule has 1 heterocycles. The molecule has 1 unspecified atom stereocenters. The van der Waals surface area contributed by atoms with Crippen molar-refractivity contribution < 1.29 is 9.53 Å². The van der Waals surface area contributed by atoms with Gasteiger partial charge in [-0.25, -0.2) is 0 Å². The van der Waals surface area contributed by atoms with Crippen LogP contribution in [0.15, 0.2) is 23.2 Å². The van der Waals surface area contributed by atoms with Gasteiger partial charge in [-0.05, 0) is 24.0 Å². The highest BCUT2D eigenvalue weighted by Gasteiger charge is 2.45. The van der Waals surface area contributed by atoms with Crippen LogP contribution in [0.3, 0.4) is 0 Å². The highest BCUT2D eigenvalue weighted by molar-refractivity contribution is 5.94. The van der Waals surface area contributed by atoms with Gasteiger partial charge in [0.25, 0.3) is 5.91 Å². The molecule has 2 atom stereocenters. The van der Waals surface area contributed by atoms with E-state index >= 15 is 0 Å². The number of nitrogens with zero attached hydrogens (tertiary/aromatic N) is 1. The number of fused-ring (bicyclic) bond motifs is 1. The second-order valence-corrected chi connectivity index (χ2v) is 4.75. The van der Waals surface area contributed by atoms with Gasteiger partial charge in [0.05, 0.1) is 6.61 Å². The van der Waals surface area contributed by atoms with E-state index in [0.717, 1.165) is 25.2 Å². The quantitative estimate of drug-likeness (QED) is 0.587. The Morgan fingerprint density at radius 2 is 2.22 bits per heavy atom. The molecule has 1 saturated carbocycles. The van der Waals surface area contributed by atoms with E-state index in [0.29, 0.717) is 0 Å². The molecule has 1 aromatic rings. The second-order valence-electron chi connectivity index (χ2n) is 4.75. The first-order valence-corrected chi connectivity index (χ1v) is 6.05. The molecule has 1 aliphatic carbocycles. The van der Waals surface area contributed by atoms with Crippen LogP contribution in [0.2, 0.25) is 0 Å². The van der Waals surface area contributed by atoms with Crippen LogP contribution in [0.5, 0.6) is 5.75 Å². The smallest absolute Gasteiger partial charge is 0.252 e. The Hall–Kier alpha value is -2.04. The summed E-state index contributed by atoms with van der Waals surface area (Å²) in [6.45, 7) is 0.728. The van der Waals surface area contributed by atoms with Crippen LogP contribution in [-0.4, -0.2) is 18.5 Å². The lowest BCUT2D eigenvalue weighted by Crippen LogP contribution is -2.24. The molecule has 94 valence electrons. The Kier molecular flexibility index (Phi) is 2.47. The van der Waals surface area contributed by atoms with Crippen molar-refractivity contribution >= 4 is 11.9 Å². The number of rotatable bonds is 2. The molecule has 0 spiro atoms. The first-order valence-electron chi connectivity index (χ1n) is 6.05. The van der Waals surface area contributed by atoms with E-state index in [4.69, 9.17) is 16.2 Å². The lowest BCUT2D eigenvalue weighted by atomic mass is 10.00. The maximum absolute atomic E-state index is 11.7. The van der Waals surface area contributed by atoms with Crippen LogP contribution in [-0.2, 0) is 11.2 Å². The summed E-state index contributed by atoms with van der Waals surface area (Å²) < 4.78 is 5.52. The van der Waals surface area contributed by atoms with Crippen molar-refractivity contribution in [2.24, 2.45) is 22.4 Å². The van der Waals surface area contributed by atoms with Crippen LogP contribution in [0.1, 0.15) is 23.5 Å². The lowest BCUT2D eigenvalue weighted by Gasteiger charge is -2.05. The van der Waals surface area contributed by atoms with Gasteiger partial charge in [-0.15, -0.1) is 0 Å².